The average Bonchev–Trinajstić information content (AvgIpc) is 3.16. The fourth-order valence-corrected chi connectivity index (χ4v) is 3.20. The summed E-state index contributed by atoms with van der Waals surface area (Å²) in [5, 5.41) is 10.6. The minimum absolute atomic E-state index is 0.0238. The maximum atomic E-state index is 12.9. The summed E-state index contributed by atoms with van der Waals surface area (Å²) < 4.78 is 1.85. The van der Waals surface area contributed by atoms with Crippen LogP contribution in [0.5, 0.6) is 0 Å². The summed E-state index contributed by atoms with van der Waals surface area (Å²) in [5.74, 6) is 0.983. The molecule has 1 saturated carbocycles. The van der Waals surface area contributed by atoms with Crippen LogP contribution in [0.15, 0.2) is 30.3 Å². The summed E-state index contributed by atoms with van der Waals surface area (Å²) in [5.41, 5.74) is 1.65. The first-order chi connectivity index (χ1) is 13.4. The van der Waals surface area contributed by atoms with Crippen LogP contribution in [0, 0.1) is 11.8 Å². The third kappa shape index (κ3) is 4.86. The van der Waals surface area contributed by atoms with Gasteiger partial charge in [-0.1, -0.05) is 33.8 Å². The van der Waals surface area contributed by atoms with Gasteiger partial charge in [0.05, 0.1) is 11.2 Å². The van der Waals surface area contributed by atoms with Crippen LogP contribution in [0.1, 0.15) is 70.9 Å². The molecule has 2 unspecified atom stereocenters. The summed E-state index contributed by atoms with van der Waals surface area (Å²) >= 11 is 0. The zero-order valence-corrected chi connectivity index (χ0v) is 18.5. The normalized spacial score (nSPS) is 19.0. The van der Waals surface area contributed by atoms with Crippen molar-refractivity contribution in [3.63, 3.8) is 0 Å². The minimum atomic E-state index is -0.275. The van der Waals surface area contributed by atoms with E-state index in [0.717, 1.165) is 12.1 Å². The molecule has 6 heteroatoms. The number of nitrogens with one attached hydrogen (secondary N) is 2. The Bertz CT molecular complexity index is 931. The van der Waals surface area contributed by atoms with Crippen molar-refractivity contribution in [3.05, 3.63) is 41.6 Å². The molecule has 2 atom stereocenters. The van der Waals surface area contributed by atoms with Crippen molar-refractivity contribution in [3.8, 4) is 0 Å². The van der Waals surface area contributed by atoms with Gasteiger partial charge in [0.25, 0.3) is 5.91 Å². The van der Waals surface area contributed by atoms with Crippen molar-refractivity contribution in [2.75, 3.05) is 10.6 Å². The van der Waals surface area contributed by atoms with Crippen molar-refractivity contribution in [2.45, 2.75) is 65.8 Å². The number of carbonyl (C=O) groups excluding carboxylic acids is 2. The Morgan fingerprint density at radius 1 is 1.07 bits per heavy atom. The smallest absolute Gasteiger partial charge is 0.256 e. The van der Waals surface area contributed by atoms with Crippen molar-refractivity contribution >= 4 is 23.3 Å². The number of hydrogen-bond acceptors (Lipinski definition) is 3. The highest BCUT2D eigenvalue weighted by atomic mass is 16.2. The van der Waals surface area contributed by atoms with E-state index in [1.54, 1.807) is 24.3 Å². The lowest BCUT2D eigenvalue weighted by Gasteiger charge is -2.23. The van der Waals surface area contributed by atoms with Gasteiger partial charge in [0.1, 0.15) is 5.82 Å². The fraction of sp³-hybridized carbons (Fsp3) is 0.522. The molecule has 0 aliphatic heterocycles. The van der Waals surface area contributed by atoms with Crippen LogP contribution in [-0.4, -0.2) is 21.6 Å². The molecule has 2 amide bonds. The first kappa shape index (κ1) is 21.1. The zero-order valence-electron chi connectivity index (χ0n) is 18.5. The van der Waals surface area contributed by atoms with E-state index in [9.17, 15) is 9.59 Å². The molecule has 1 aliphatic carbocycles. The Balaban J connectivity index is 1.81. The number of carbonyl (C=O) groups is 2. The van der Waals surface area contributed by atoms with Crippen LogP contribution < -0.4 is 10.6 Å². The molecule has 1 heterocycles. The van der Waals surface area contributed by atoms with Gasteiger partial charge in [0.15, 0.2) is 0 Å². The second-order valence-corrected chi connectivity index (χ2v) is 10.1. The minimum Gasteiger partial charge on any atom is -0.326 e. The summed E-state index contributed by atoms with van der Waals surface area (Å²) in [6.45, 7) is 14.5. The van der Waals surface area contributed by atoms with E-state index in [-0.39, 0.29) is 28.7 Å². The monoisotopic (exact) mass is 396 g/mol. The Morgan fingerprint density at radius 2 is 1.72 bits per heavy atom. The number of rotatable bonds is 4. The Kier molecular flexibility index (Phi) is 5.32. The highest BCUT2D eigenvalue weighted by Crippen LogP contribution is 2.38. The summed E-state index contributed by atoms with van der Waals surface area (Å²) in [6.07, 6.45) is 0.929. The van der Waals surface area contributed by atoms with Crippen LogP contribution in [0.3, 0.4) is 0 Å². The van der Waals surface area contributed by atoms with Gasteiger partial charge in [-0.05, 0) is 51.3 Å². The summed E-state index contributed by atoms with van der Waals surface area (Å²) in [6, 6.07) is 8.97. The second-order valence-electron chi connectivity index (χ2n) is 10.1. The quantitative estimate of drug-likeness (QED) is 0.781. The van der Waals surface area contributed by atoms with Gasteiger partial charge >= 0.3 is 0 Å². The first-order valence-electron chi connectivity index (χ1n) is 10.2. The third-order valence-electron chi connectivity index (χ3n) is 5.19. The number of aromatic nitrogens is 2. The first-order valence-corrected chi connectivity index (χ1v) is 10.2. The molecule has 6 nitrogen and oxygen atoms in total. The Hall–Kier alpha value is -2.63. The molecule has 0 saturated heterocycles. The highest BCUT2D eigenvalue weighted by Gasteiger charge is 2.39. The molecule has 3 rings (SSSR count). The molecule has 0 radical (unpaired) electrons. The molecule has 2 N–H and O–H groups in total. The lowest BCUT2D eigenvalue weighted by atomic mass is 9.92. The van der Waals surface area contributed by atoms with E-state index in [1.165, 1.54) is 0 Å². The number of hydrogen-bond donors (Lipinski definition) is 2. The van der Waals surface area contributed by atoms with Gasteiger partial charge in [-0.3, -0.25) is 9.59 Å². The zero-order chi connectivity index (χ0) is 21.6. The maximum Gasteiger partial charge on any atom is 0.256 e. The lowest BCUT2D eigenvalue weighted by molar-refractivity contribution is -0.117. The molecule has 1 aromatic carbocycles. The summed E-state index contributed by atoms with van der Waals surface area (Å²) in [4.78, 5) is 25.1. The largest absolute Gasteiger partial charge is 0.326 e. The van der Waals surface area contributed by atoms with E-state index in [2.05, 4.69) is 59.1 Å². The molecule has 156 valence electrons. The second kappa shape index (κ2) is 7.32. The van der Waals surface area contributed by atoms with Crippen LogP contribution in [0.4, 0.5) is 11.5 Å². The van der Waals surface area contributed by atoms with Crippen molar-refractivity contribution in [1.29, 1.82) is 0 Å². The predicted molar refractivity (Wildman–Crippen MR) is 116 cm³/mol. The molecule has 29 heavy (non-hydrogen) atoms. The third-order valence-corrected chi connectivity index (χ3v) is 5.19. The number of anilines is 2. The molecule has 1 aromatic heterocycles. The van der Waals surface area contributed by atoms with Crippen LogP contribution in [0.2, 0.25) is 0 Å². The van der Waals surface area contributed by atoms with Gasteiger partial charge in [-0.15, -0.1) is 0 Å². The van der Waals surface area contributed by atoms with Gasteiger partial charge < -0.3 is 10.6 Å². The van der Waals surface area contributed by atoms with E-state index in [1.807, 2.05) is 10.7 Å². The van der Waals surface area contributed by atoms with Crippen molar-refractivity contribution < 1.29 is 9.59 Å². The van der Waals surface area contributed by atoms with Gasteiger partial charge in [0, 0.05) is 28.7 Å². The fourth-order valence-electron chi connectivity index (χ4n) is 3.20. The molecule has 0 bridgehead atoms. The molecule has 1 aliphatic rings. The van der Waals surface area contributed by atoms with E-state index >= 15 is 0 Å². The lowest BCUT2D eigenvalue weighted by Crippen LogP contribution is -2.27. The molecule has 1 fully saturated rings. The number of nitrogens with zero attached hydrogens (tertiary/aromatic N) is 2. The standard InChI is InChI=1S/C23H32N4O2/c1-14-11-17(14)21(29)24-16-10-8-9-15(12-16)20(28)25-19-13-18(22(2,3)4)26-27(19)23(5,6)7/h8-10,12-14,17H,11H2,1-7H3,(H,24,29)(H,25,28). The van der Waals surface area contributed by atoms with Gasteiger partial charge in [-0.2, -0.15) is 5.10 Å². The van der Waals surface area contributed by atoms with Gasteiger partial charge in [0.2, 0.25) is 5.91 Å². The predicted octanol–water partition coefficient (Wildman–Crippen LogP) is 4.78. The maximum absolute atomic E-state index is 12.9. The van der Waals surface area contributed by atoms with Crippen LogP contribution in [0.25, 0.3) is 0 Å². The molecular weight excluding hydrogens is 364 g/mol. The van der Waals surface area contributed by atoms with Crippen molar-refractivity contribution in [2.24, 2.45) is 11.8 Å². The highest BCUT2D eigenvalue weighted by molar-refractivity contribution is 6.05. The van der Waals surface area contributed by atoms with E-state index in [0.29, 0.717) is 23.0 Å². The average molecular weight is 397 g/mol. The SMILES string of the molecule is CC1CC1C(=O)Nc1cccc(C(=O)Nc2cc(C(C)(C)C)nn2C(C)(C)C)c1. The number of benzene rings is 1. The van der Waals surface area contributed by atoms with Crippen LogP contribution >= 0.6 is 0 Å². The van der Waals surface area contributed by atoms with Crippen molar-refractivity contribution in [1.82, 2.24) is 9.78 Å². The Labute approximate surface area is 173 Å². The molecular formula is C23H32N4O2. The van der Waals surface area contributed by atoms with E-state index in [4.69, 9.17) is 5.10 Å². The van der Waals surface area contributed by atoms with Crippen LogP contribution in [-0.2, 0) is 15.7 Å². The summed E-state index contributed by atoms with van der Waals surface area (Å²) in [7, 11) is 0. The Morgan fingerprint density at radius 3 is 2.28 bits per heavy atom. The molecule has 2 aromatic rings. The van der Waals surface area contributed by atoms with E-state index < -0.39 is 0 Å². The molecule has 0 spiro atoms. The topological polar surface area (TPSA) is 76.0 Å². The number of amides is 2. The van der Waals surface area contributed by atoms with Gasteiger partial charge in [-0.25, -0.2) is 4.68 Å².